The average molecular weight is 539 g/mol. The second-order valence-corrected chi connectivity index (χ2v) is 8.49. The molecule has 0 unspecified atom stereocenters. The minimum absolute atomic E-state index is 0.0171. The summed E-state index contributed by atoms with van der Waals surface area (Å²) in [6.07, 6.45) is -2.72. The third-order valence-corrected chi connectivity index (χ3v) is 5.81. The zero-order chi connectivity index (χ0) is 27.2. The SMILES string of the molecule is COc1cc(N2C[C@H](Oc3cc4c(cn3)cnn4CC(F)(F)F)C(F)(F)C2)cc(-c2c[nH]c(=O)[nH]c2=O)n1. The van der Waals surface area contributed by atoms with Gasteiger partial charge in [0, 0.05) is 35.6 Å². The molecule has 0 aliphatic carbocycles. The number of fused-ring (bicyclic) bond motifs is 1. The molecule has 0 bridgehead atoms. The number of alkyl halides is 5. The summed E-state index contributed by atoms with van der Waals surface area (Å²) in [5, 5.41) is 3.96. The molecule has 200 valence electrons. The average Bonchev–Trinajstić information content (AvgIpc) is 3.37. The zero-order valence-electron chi connectivity index (χ0n) is 19.4. The Morgan fingerprint density at radius 1 is 1.16 bits per heavy atom. The number of aromatic amines is 2. The molecule has 1 aliphatic heterocycles. The minimum atomic E-state index is -4.54. The maximum atomic E-state index is 15.0. The van der Waals surface area contributed by atoms with Crippen LogP contribution in [0.1, 0.15) is 0 Å². The van der Waals surface area contributed by atoms with Crippen LogP contribution >= 0.6 is 0 Å². The van der Waals surface area contributed by atoms with Gasteiger partial charge in [0.1, 0.15) is 6.54 Å². The van der Waals surface area contributed by atoms with Crippen LogP contribution in [0.2, 0.25) is 0 Å². The van der Waals surface area contributed by atoms with E-state index in [4.69, 9.17) is 9.47 Å². The topological polar surface area (TPSA) is 131 Å². The van der Waals surface area contributed by atoms with Crippen molar-refractivity contribution < 1.29 is 31.4 Å². The summed E-state index contributed by atoms with van der Waals surface area (Å²) < 4.78 is 79.8. The molecule has 0 radical (unpaired) electrons. The van der Waals surface area contributed by atoms with Crippen LogP contribution in [0.25, 0.3) is 22.2 Å². The fraction of sp³-hybridized carbons (Fsp3) is 0.318. The Hall–Kier alpha value is -4.50. The van der Waals surface area contributed by atoms with Gasteiger partial charge >= 0.3 is 17.8 Å². The molecule has 4 aromatic rings. The van der Waals surface area contributed by atoms with Gasteiger partial charge in [-0.25, -0.2) is 23.5 Å². The van der Waals surface area contributed by atoms with E-state index in [0.29, 0.717) is 4.68 Å². The molecular weight excluding hydrogens is 521 g/mol. The van der Waals surface area contributed by atoms with E-state index in [-0.39, 0.29) is 46.2 Å². The van der Waals surface area contributed by atoms with Crippen LogP contribution in [-0.4, -0.2) is 68.1 Å². The van der Waals surface area contributed by atoms with Gasteiger partial charge in [0.25, 0.3) is 5.56 Å². The third kappa shape index (κ3) is 5.01. The van der Waals surface area contributed by atoms with Crippen molar-refractivity contribution in [3.8, 4) is 23.0 Å². The summed E-state index contributed by atoms with van der Waals surface area (Å²) in [6.45, 7) is -2.47. The Morgan fingerprint density at radius 3 is 2.66 bits per heavy atom. The molecule has 2 N–H and O–H groups in total. The first-order chi connectivity index (χ1) is 17.9. The van der Waals surface area contributed by atoms with E-state index in [1.807, 2.05) is 0 Å². The lowest BCUT2D eigenvalue weighted by Gasteiger charge is -2.19. The summed E-state index contributed by atoms with van der Waals surface area (Å²) in [7, 11) is 1.31. The fourth-order valence-electron chi connectivity index (χ4n) is 4.05. The number of aromatic nitrogens is 6. The smallest absolute Gasteiger partial charge is 0.408 e. The van der Waals surface area contributed by atoms with E-state index in [1.54, 1.807) is 0 Å². The number of ether oxygens (including phenoxy) is 2. The molecular formula is C22H18F5N7O4. The standard InChI is InChI=1S/C22H18F5N7O4/c1-37-18-3-12(2-14(31-18)13-7-29-20(36)32-19(13)35)33-8-16(21(23,24)9-33)38-17-4-15-11(5-28-17)6-30-34(15)10-22(25,26)27/h2-7,16H,8-10H2,1H3,(H2,29,32,35,36)/t16-/m0/s1. The van der Waals surface area contributed by atoms with Crippen molar-refractivity contribution in [3.63, 3.8) is 0 Å². The van der Waals surface area contributed by atoms with Crippen LogP contribution in [-0.2, 0) is 6.54 Å². The van der Waals surface area contributed by atoms with Gasteiger partial charge in [-0.05, 0) is 6.07 Å². The van der Waals surface area contributed by atoms with Gasteiger partial charge in [-0.15, -0.1) is 0 Å². The van der Waals surface area contributed by atoms with Crippen LogP contribution < -0.4 is 25.6 Å². The summed E-state index contributed by atoms with van der Waals surface area (Å²) in [5.41, 5.74) is -1.16. The molecule has 0 aromatic carbocycles. The van der Waals surface area contributed by atoms with Crippen molar-refractivity contribution in [2.24, 2.45) is 0 Å². The zero-order valence-corrected chi connectivity index (χ0v) is 19.4. The number of anilines is 1. The molecule has 1 fully saturated rings. The third-order valence-electron chi connectivity index (χ3n) is 5.81. The largest absolute Gasteiger partial charge is 0.481 e. The highest BCUT2D eigenvalue weighted by Gasteiger charge is 2.50. The molecule has 0 amide bonds. The number of methoxy groups -OCH3 is 1. The number of rotatable bonds is 6. The lowest BCUT2D eigenvalue weighted by molar-refractivity contribution is -0.141. The van der Waals surface area contributed by atoms with Gasteiger partial charge in [0.05, 0.1) is 43.2 Å². The van der Waals surface area contributed by atoms with Gasteiger partial charge in [-0.1, -0.05) is 0 Å². The number of hydrogen-bond donors (Lipinski definition) is 2. The van der Waals surface area contributed by atoms with Crippen LogP contribution in [0.5, 0.6) is 11.8 Å². The Morgan fingerprint density at radius 2 is 1.95 bits per heavy atom. The number of H-pyrrole nitrogens is 2. The van der Waals surface area contributed by atoms with Crippen LogP contribution in [0, 0.1) is 0 Å². The van der Waals surface area contributed by atoms with E-state index >= 15 is 0 Å². The molecule has 5 rings (SSSR count). The number of nitrogens with zero attached hydrogens (tertiary/aromatic N) is 5. The molecule has 38 heavy (non-hydrogen) atoms. The van der Waals surface area contributed by atoms with Crippen molar-refractivity contribution in [1.82, 2.24) is 29.7 Å². The molecule has 11 nitrogen and oxygen atoms in total. The van der Waals surface area contributed by atoms with Gasteiger partial charge in [-0.3, -0.25) is 14.5 Å². The first-order valence-corrected chi connectivity index (χ1v) is 11.0. The van der Waals surface area contributed by atoms with E-state index in [2.05, 4.69) is 25.0 Å². The van der Waals surface area contributed by atoms with Crippen molar-refractivity contribution >= 4 is 16.6 Å². The van der Waals surface area contributed by atoms with E-state index in [9.17, 15) is 31.5 Å². The maximum Gasteiger partial charge on any atom is 0.408 e. The highest BCUT2D eigenvalue weighted by molar-refractivity contribution is 5.78. The lowest BCUT2D eigenvalue weighted by atomic mass is 10.2. The van der Waals surface area contributed by atoms with Crippen molar-refractivity contribution in [1.29, 1.82) is 0 Å². The van der Waals surface area contributed by atoms with E-state index in [0.717, 1.165) is 12.3 Å². The van der Waals surface area contributed by atoms with Crippen LogP contribution in [0.15, 0.2) is 46.4 Å². The molecule has 16 heteroatoms. The normalized spacial score (nSPS) is 17.2. The summed E-state index contributed by atoms with van der Waals surface area (Å²) in [4.78, 5) is 37.3. The van der Waals surface area contributed by atoms with Gasteiger partial charge in [-0.2, -0.15) is 18.3 Å². The Labute approximate surface area is 208 Å². The maximum absolute atomic E-state index is 15.0. The molecule has 0 spiro atoms. The molecule has 0 saturated carbocycles. The van der Waals surface area contributed by atoms with Crippen LogP contribution in [0.3, 0.4) is 0 Å². The van der Waals surface area contributed by atoms with E-state index in [1.165, 1.54) is 36.5 Å². The molecule has 1 atom stereocenters. The highest BCUT2D eigenvalue weighted by atomic mass is 19.4. The first kappa shape index (κ1) is 25.2. The van der Waals surface area contributed by atoms with Gasteiger partial charge < -0.3 is 19.4 Å². The number of halogens is 5. The second-order valence-electron chi connectivity index (χ2n) is 8.49. The lowest BCUT2D eigenvalue weighted by Crippen LogP contribution is -2.36. The van der Waals surface area contributed by atoms with Crippen molar-refractivity contribution in [2.75, 3.05) is 25.1 Å². The predicted molar refractivity (Wildman–Crippen MR) is 123 cm³/mol. The van der Waals surface area contributed by atoms with Crippen molar-refractivity contribution in [2.45, 2.75) is 24.7 Å². The Balaban J connectivity index is 1.42. The second kappa shape index (κ2) is 9.11. The summed E-state index contributed by atoms with van der Waals surface area (Å²) in [5.74, 6) is -3.64. The Kier molecular flexibility index (Phi) is 6.03. The van der Waals surface area contributed by atoms with E-state index < -0.39 is 42.5 Å². The van der Waals surface area contributed by atoms with Crippen LogP contribution in [0.4, 0.5) is 27.6 Å². The number of pyridine rings is 2. The molecule has 4 aromatic heterocycles. The quantitative estimate of drug-likeness (QED) is 0.357. The summed E-state index contributed by atoms with van der Waals surface area (Å²) >= 11 is 0. The van der Waals surface area contributed by atoms with Gasteiger partial charge in [0.15, 0.2) is 6.10 Å². The van der Waals surface area contributed by atoms with Gasteiger partial charge in [0.2, 0.25) is 11.8 Å². The Bertz CT molecular complexity index is 1610. The minimum Gasteiger partial charge on any atom is -0.481 e. The molecule has 5 heterocycles. The summed E-state index contributed by atoms with van der Waals surface area (Å²) in [6, 6.07) is 3.90. The predicted octanol–water partition coefficient (Wildman–Crippen LogP) is 2.34. The first-order valence-electron chi connectivity index (χ1n) is 11.0. The number of nitrogens with one attached hydrogen (secondary N) is 2. The molecule has 1 saturated heterocycles. The highest BCUT2D eigenvalue weighted by Crippen LogP contribution is 2.36. The van der Waals surface area contributed by atoms with Crippen molar-refractivity contribution in [3.05, 3.63) is 57.6 Å². The number of hydrogen-bond acceptors (Lipinski definition) is 8. The monoisotopic (exact) mass is 539 g/mol. The molecule has 1 aliphatic rings. The fourth-order valence-corrected chi connectivity index (χ4v) is 4.05.